The maximum Gasteiger partial charge on any atom is 0.264 e. The lowest BCUT2D eigenvalue weighted by Crippen LogP contribution is -2.32. The lowest BCUT2D eigenvalue weighted by atomic mass is 10.1. The summed E-state index contributed by atoms with van der Waals surface area (Å²) < 4.78 is 30.5. The number of aryl methyl sites for hydroxylation is 2. The summed E-state index contributed by atoms with van der Waals surface area (Å²) in [6.45, 7) is 5.20. The van der Waals surface area contributed by atoms with Crippen LogP contribution in [0.1, 0.15) is 11.4 Å². The summed E-state index contributed by atoms with van der Waals surface area (Å²) in [7, 11) is -0.275. The molecule has 0 saturated carbocycles. The van der Waals surface area contributed by atoms with E-state index in [2.05, 4.69) is 19.7 Å². The molecule has 3 aromatic rings. The average molecular weight is 507 g/mol. The van der Waals surface area contributed by atoms with Crippen LogP contribution in [-0.4, -0.2) is 48.2 Å². The Bertz CT molecular complexity index is 1330. The molecule has 1 aliphatic heterocycles. The fourth-order valence-corrected chi connectivity index (χ4v) is 6.04. The van der Waals surface area contributed by atoms with E-state index in [1.165, 1.54) is 0 Å². The van der Waals surface area contributed by atoms with Crippen LogP contribution in [0.3, 0.4) is 0 Å². The zero-order valence-electron chi connectivity index (χ0n) is 18.7. The Hall–Kier alpha value is -2.75. The molecule has 174 valence electrons. The molecule has 0 aliphatic carbocycles. The van der Waals surface area contributed by atoms with Gasteiger partial charge in [-0.2, -0.15) is 5.10 Å². The summed E-state index contributed by atoms with van der Waals surface area (Å²) in [6, 6.07) is 6.96. The van der Waals surface area contributed by atoms with Gasteiger partial charge in [-0.1, -0.05) is 23.2 Å². The number of halogens is 2. The SMILES string of the molecule is Cc1nn(C)c(C)c1NS(=O)(=O)c1c(Cl)cc(-c2ccnc(N3C=CN(C)CC3)c2)cc1Cl. The zero-order valence-corrected chi connectivity index (χ0v) is 21.0. The molecule has 0 bridgehead atoms. The van der Waals surface area contributed by atoms with Crippen LogP contribution in [0.15, 0.2) is 47.8 Å². The van der Waals surface area contributed by atoms with Gasteiger partial charge < -0.3 is 9.80 Å². The Kier molecular flexibility index (Phi) is 6.30. The van der Waals surface area contributed by atoms with Gasteiger partial charge >= 0.3 is 0 Å². The highest BCUT2D eigenvalue weighted by Crippen LogP contribution is 2.37. The van der Waals surface area contributed by atoms with Crippen LogP contribution in [0.25, 0.3) is 11.1 Å². The van der Waals surface area contributed by atoms with Gasteiger partial charge in [-0.25, -0.2) is 13.4 Å². The van der Waals surface area contributed by atoms with E-state index in [4.69, 9.17) is 23.2 Å². The molecule has 1 aromatic carbocycles. The first-order valence-corrected chi connectivity index (χ1v) is 12.4. The van der Waals surface area contributed by atoms with Crippen LogP contribution in [0.4, 0.5) is 11.5 Å². The first kappa shape index (κ1) is 23.4. The van der Waals surface area contributed by atoms with Gasteiger partial charge in [0, 0.05) is 45.8 Å². The molecule has 8 nitrogen and oxygen atoms in total. The minimum absolute atomic E-state index is 0.0297. The molecule has 2 aromatic heterocycles. The van der Waals surface area contributed by atoms with Crippen molar-refractivity contribution < 1.29 is 8.42 Å². The molecule has 33 heavy (non-hydrogen) atoms. The second kappa shape index (κ2) is 8.89. The molecular weight excluding hydrogens is 483 g/mol. The van der Waals surface area contributed by atoms with E-state index in [0.717, 1.165) is 24.5 Å². The molecule has 0 atom stereocenters. The summed E-state index contributed by atoms with van der Waals surface area (Å²) in [5.41, 5.74) is 3.17. The Morgan fingerprint density at radius 3 is 2.27 bits per heavy atom. The Balaban J connectivity index is 1.68. The topological polar surface area (TPSA) is 83.4 Å². The second-order valence-corrected chi connectivity index (χ2v) is 10.4. The molecule has 0 spiro atoms. The van der Waals surface area contributed by atoms with Gasteiger partial charge in [0.2, 0.25) is 0 Å². The third-order valence-corrected chi connectivity index (χ3v) is 7.85. The predicted octanol–water partition coefficient (Wildman–Crippen LogP) is 4.43. The van der Waals surface area contributed by atoms with E-state index in [1.54, 1.807) is 43.9 Å². The highest BCUT2D eigenvalue weighted by Gasteiger charge is 2.25. The van der Waals surface area contributed by atoms with Gasteiger partial charge in [-0.15, -0.1) is 0 Å². The second-order valence-electron chi connectivity index (χ2n) is 7.92. The van der Waals surface area contributed by atoms with Crippen molar-refractivity contribution in [2.75, 3.05) is 29.8 Å². The minimum atomic E-state index is -4.04. The van der Waals surface area contributed by atoms with Crippen molar-refractivity contribution in [2.24, 2.45) is 7.05 Å². The van der Waals surface area contributed by atoms with Crippen molar-refractivity contribution in [3.8, 4) is 11.1 Å². The maximum absolute atomic E-state index is 13.1. The molecule has 0 radical (unpaired) electrons. The molecule has 0 saturated heterocycles. The smallest absolute Gasteiger partial charge is 0.264 e. The largest absolute Gasteiger partial charge is 0.377 e. The van der Waals surface area contributed by atoms with Gasteiger partial charge in [0.25, 0.3) is 10.0 Å². The number of benzene rings is 1. The van der Waals surface area contributed by atoms with Crippen molar-refractivity contribution in [3.63, 3.8) is 0 Å². The number of likely N-dealkylation sites (N-methyl/N-ethyl adjacent to an activating group) is 1. The van der Waals surface area contributed by atoms with Gasteiger partial charge in [0.05, 0.1) is 27.1 Å². The number of pyridine rings is 1. The standard InChI is InChI=1S/C22H24Cl2N6O2S/c1-14-21(15(2)29(4)26-14)27-33(31,32)22-18(23)11-17(12-19(22)24)16-5-6-25-20(13-16)30-9-7-28(3)8-10-30/h5-7,9,11-13,27H,8,10H2,1-4H3. The van der Waals surface area contributed by atoms with Crippen LogP contribution in [0.5, 0.6) is 0 Å². The lowest BCUT2D eigenvalue weighted by Gasteiger charge is -2.28. The summed E-state index contributed by atoms with van der Waals surface area (Å²) in [6.07, 6.45) is 5.67. The Labute approximate surface area is 203 Å². The van der Waals surface area contributed by atoms with Crippen molar-refractivity contribution >= 4 is 44.7 Å². The Morgan fingerprint density at radius 2 is 1.70 bits per heavy atom. The summed E-state index contributed by atoms with van der Waals surface area (Å²) in [5.74, 6) is 0.782. The van der Waals surface area contributed by atoms with Crippen molar-refractivity contribution in [3.05, 3.63) is 64.3 Å². The quantitative estimate of drug-likeness (QED) is 0.550. The molecule has 0 unspecified atom stereocenters. The molecule has 3 heterocycles. The highest BCUT2D eigenvalue weighted by molar-refractivity contribution is 7.93. The summed E-state index contributed by atoms with van der Waals surface area (Å²) in [5, 5.41) is 4.30. The molecule has 0 amide bonds. The zero-order chi connectivity index (χ0) is 23.9. The summed E-state index contributed by atoms with van der Waals surface area (Å²) in [4.78, 5) is 8.43. The minimum Gasteiger partial charge on any atom is -0.377 e. The number of hydrogen-bond donors (Lipinski definition) is 1. The first-order valence-electron chi connectivity index (χ1n) is 10.2. The van der Waals surface area contributed by atoms with Crippen LogP contribution in [0, 0.1) is 13.8 Å². The number of anilines is 2. The molecule has 1 N–H and O–H groups in total. The molecular formula is C22H24Cl2N6O2S. The first-order chi connectivity index (χ1) is 15.6. The maximum atomic E-state index is 13.1. The molecule has 4 rings (SSSR count). The number of aromatic nitrogens is 3. The van der Waals surface area contributed by atoms with E-state index in [1.807, 2.05) is 36.5 Å². The van der Waals surface area contributed by atoms with Crippen LogP contribution in [0.2, 0.25) is 10.0 Å². The van der Waals surface area contributed by atoms with E-state index in [-0.39, 0.29) is 14.9 Å². The number of sulfonamides is 1. The average Bonchev–Trinajstić information content (AvgIpc) is 2.99. The van der Waals surface area contributed by atoms with Crippen molar-refractivity contribution in [1.82, 2.24) is 19.7 Å². The third kappa shape index (κ3) is 4.66. The van der Waals surface area contributed by atoms with E-state index in [0.29, 0.717) is 22.6 Å². The van der Waals surface area contributed by atoms with Crippen molar-refractivity contribution in [2.45, 2.75) is 18.7 Å². The number of hydrogen-bond acceptors (Lipinski definition) is 6. The van der Waals surface area contributed by atoms with Gasteiger partial charge in [0.1, 0.15) is 10.7 Å². The predicted molar refractivity (Wildman–Crippen MR) is 132 cm³/mol. The highest BCUT2D eigenvalue weighted by atomic mass is 35.5. The van der Waals surface area contributed by atoms with Crippen molar-refractivity contribution in [1.29, 1.82) is 0 Å². The van der Waals surface area contributed by atoms with Gasteiger partial charge in [0.15, 0.2) is 0 Å². The van der Waals surface area contributed by atoms with E-state index < -0.39 is 10.0 Å². The normalized spacial score (nSPS) is 14.1. The van der Waals surface area contributed by atoms with Gasteiger partial charge in [-0.05, 0) is 49.2 Å². The summed E-state index contributed by atoms with van der Waals surface area (Å²) >= 11 is 12.9. The molecule has 11 heteroatoms. The lowest BCUT2D eigenvalue weighted by molar-refractivity contribution is 0.446. The monoisotopic (exact) mass is 506 g/mol. The van der Waals surface area contributed by atoms with Gasteiger partial charge in [-0.3, -0.25) is 9.40 Å². The van der Waals surface area contributed by atoms with E-state index in [9.17, 15) is 8.42 Å². The fraction of sp³-hybridized carbons (Fsp3) is 0.273. The fourth-order valence-electron chi connectivity index (χ4n) is 3.64. The third-order valence-electron chi connectivity index (χ3n) is 5.58. The Morgan fingerprint density at radius 1 is 1.00 bits per heavy atom. The van der Waals surface area contributed by atoms with Crippen LogP contribution >= 0.6 is 23.2 Å². The van der Waals surface area contributed by atoms with E-state index >= 15 is 0 Å². The molecule has 1 aliphatic rings. The number of nitrogens with one attached hydrogen (secondary N) is 1. The van der Waals surface area contributed by atoms with Crippen LogP contribution < -0.4 is 9.62 Å². The molecule has 0 fully saturated rings. The van der Waals surface area contributed by atoms with Crippen LogP contribution in [-0.2, 0) is 17.1 Å². The number of nitrogens with zero attached hydrogens (tertiary/aromatic N) is 5. The number of rotatable bonds is 5.